The number of nitrogens with one attached hydrogen (secondary N) is 1. The fourth-order valence-corrected chi connectivity index (χ4v) is 2.19. The van der Waals surface area contributed by atoms with E-state index in [1.54, 1.807) is 24.3 Å². The van der Waals surface area contributed by atoms with Crippen molar-refractivity contribution in [1.82, 2.24) is 4.90 Å². The van der Waals surface area contributed by atoms with E-state index in [0.29, 0.717) is 12.1 Å². The molecule has 0 spiro atoms. The number of hydrogen-bond donors (Lipinski definition) is 3. The highest BCUT2D eigenvalue weighted by atomic mass is 16.3. The number of nitrogens with zero attached hydrogens (tertiary/aromatic N) is 1. The first-order valence-electron chi connectivity index (χ1n) is 6.69. The van der Waals surface area contributed by atoms with Crippen LogP contribution in [0.2, 0.25) is 0 Å². The Balaban J connectivity index is 1.71. The summed E-state index contributed by atoms with van der Waals surface area (Å²) >= 11 is 0. The van der Waals surface area contributed by atoms with Crippen molar-refractivity contribution < 1.29 is 9.90 Å². The molecule has 1 saturated heterocycles. The van der Waals surface area contributed by atoms with E-state index in [1.807, 2.05) is 0 Å². The van der Waals surface area contributed by atoms with Crippen LogP contribution in [0, 0.1) is 0 Å². The highest BCUT2D eigenvalue weighted by molar-refractivity contribution is 5.90. The molecule has 1 aromatic rings. The fraction of sp³-hybridized carbons (Fsp3) is 0.500. The molecule has 1 heterocycles. The summed E-state index contributed by atoms with van der Waals surface area (Å²) in [6.07, 6.45) is 1.92. The lowest BCUT2D eigenvalue weighted by Crippen LogP contribution is -2.37. The van der Waals surface area contributed by atoms with Gasteiger partial charge in [-0.05, 0) is 37.1 Å². The normalized spacial score (nSPS) is 17.3. The predicted molar refractivity (Wildman–Crippen MR) is 75.8 cm³/mol. The van der Waals surface area contributed by atoms with Crippen LogP contribution in [0.4, 0.5) is 11.4 Å². The second kappa shape index (κ2) is 6.54. The van der Waals surface area contributed by atoms with E-state index in [0.717, 1.165) is 38.2 Å². The number of piperidine rings is 1. The summed E-state index contributed by atoms with van der Waals surface area (Å²) in [5.41, 5.74) is 7.04. The fourth-order valence-electron chi connectivity index (χ4n) is 2.19. The molecular formula is C14H21N3O2. The van der Waals surface area contributed by atoms with Crippen molar-refractivity contribution in [2.75, 3.05) is 30.7 Å². The van der Waals surface area contributed by atoms with E-state index in [2.05, 4.69) is 10.2 Å². The molecule has 0 bridgehead atoms. The quantitative estimate of drug-likeness (QED) is 0.710. The zero-order valence-corrected chi connectivity index (χ0v) is 11.0. The van der Waals surface area contributed by atoms with E-state index < -0.39 is 0 Å². The topological polar surface area (TPSA) is 78.6 Å². The van der Waals surface area contributed by atoms with Crippen LogP contribution in [0.25, 0.3) is 0 Å². The smallest absolute Gasteiger partial charge is 0.225 e. The number of anilines is 2. The zero-order valence-electron chi connectivity index (χ0n) is 11.0. The molecule has 1 aliphatic rings. The number of amides is 1. The SMILES string of the molecule is Nc1ccc(NC(=O)CCN2CCC(O)CC2)cc1. The minimum absolute atomic E-state index is 0.0101. The van der Waals surface area contributed by atoms with Crippen molar-refractivity contribution in [3.8, 4) is 0 Å². The number of aliphatic hydroxyl groups excluding tert-OH is 1. The van der Waals surface area contributed by atoms with Crippen LogP contribution < -0.4 is 11.1 Å². The van der Waals surface area contributed by atoms with Gasteiger partial charge < -0.3 is 21.1 Å². The first-order valence-corrected chi connectivity index (χ1v) is 6.69. The maximum atomic E-state index is 11.8. The van der Waals surface area contributed by atoms with Gasteiger partial charge in [-0.15, -0.1) is 0 Å². The highest BCUT2D eigenvalue weighted by Gasteiger charge is 2.17. The summed E-state index contributed by atoms with van der Waals surface area (Å²) in [7, 11) is 0. The van der Waals surface area contributed by atoms with Gasteiger partial charge in [0.2, 0.25) is 5.91 Å². The van der Waals surface area contributed by atoms with Crippen LogP contribution in [0.15, 0.2) is 24.3 Å². The Bertz CT molecular complexity index is 411. The Morgan fingerprint density at radius 1 is 1.32 bits per heavy atom. The van der Waals surface area contributed by atoms with Crippen LogP contribution in [-0.2, 0) is 4.79 Å². The van der Waals surface area contributed by atoms with E-state index in [9.17, 15) is 9.90 Å². The van der Waals surface area contributed by atoms with Crippen LogP contribution in [-0.4, -0.2) is 41.7 Å². The number of hydrogen-bond acceptors (Lipinski definition) is 4. The maximum Gasteiger partial charge on any atom is 0.225 e. The summed E-state index contributed by atoms with van der Waals surface area (Å²) in [6, 6.07) is 7.12. The second-order valence-electron chi connectivity index (χ2n) is 4.99. The second-order valence-corrected chi connectivity index (χ2v) is 4.99. The van der Waals surface area contributed by atoms with Gasteiger partial charge in [0.15, 0.2) is 0 Å². The molecule has 1 aliphatic heterocycles. The number of carbonyl (C=O) groups is 1. The molecule has 104 valence electrons. The van der Waals surface area contributed by atoms with Crippen molar-refractivity contribution in [3.63, 3.8) is 0 Å². The van der Waals surface area contributed by atoms with Crippen molar-refractivity contribution >= 4 is 17.3 Å². The van der Waals surface area contributed by atoms with E-state index in [1.165, 1.54) is 0 Å². The number of likely N-dealkylation sites (tertiary alicyclic amines) is 1. The summed E-state index contributed by atoms with van der Waals surface area (Å²) in [5.74, 6) is 0.0101. The standard InChI is InChI=1S/C14H21N3O2/c15-11-1-3-12(4-2-11)16-14(19)7-10-17-8-5-13(18)6-9-17/h1-4,13,18H,5-10,15H2,(H,16,19). The van der Waals surface area contributed by atoms with Crippen molar-refractivity contribution in [1.29, 1.82) is 0 Å². The highest BCUT2D eigenvalue weighted by Crippen LogP contribution is 2.12. The molecule has 0 radical (unpaired) electrons. The molecule has 5 heteroatoms. The first kappa shape index (κ1) is 13.8. The van der Waals surface area contributed by atoms with Gasteiger partial charge in [-0.25, -0.2) is 0 Å². The van der Waals surface area contributed by atoms with Crippen LogP contribution in [0.5, 0.6) is 0 Å². The zero-order chi connectivity index (χ0) is 13.7. The molecule has 0 aliphatic carbocycles. The minimum Gasteiger partial charge on any atom is -0.399 e. The van der Waals surface area contributed by atoms with E-state index >= 15 is 0 Å². The molecule has 4 N–H and O–H groups in total. The lowest BCUT2D eigenvalue weighted by Gasteiger charge is -2.29. The third-order valence-electron chi connectivity index (χ3n) is 3.41. The van der Waals surface area contributed by atoms with Crippen LogP contribution in [0.3, 0.4) is 0 Å². The maximum absolute atomic E-state index is 11.8. The summed E-state index contributed by atoms with van der Waals surface area (Å²) < 4.78 is 0. The number of nitrogens with two attached hydrogens (primary N) is 1. The largest absolute Gasteiger partial charge is 0.399 e. The third-order valence-corrected chi connectivity index (χ3v) is 3.41. The van der Waals surface area contributed by atoms with Gasteiger partial charge in [-0.2, -0.15) is 0 Å². The van der Waals surface area contributed by atoms with Gasteiger partial charge in [-0.3, -0.25) is 4.79 Å². The molecule has 5 nitrogen and oxygen atoms in total. The van der Waals surface area contributed by atoms with Crippen molar-refractivity contribution in [2.45, 2.75) is 25.4 Å². The first-order chi connectivity index (χ1) is 9.13. The monoisotopic (exact) mass is 263 g/mol. The molecule has 0 aromatic heterocycles. The van der Waals surface area contributed by atoms with Crippen LogP contribution in [0.1, 0.15) is 19.3 Å². The molecule has 0 atom stereocenters. The molecule has 2 rings (SSSR count). The van der Waals surface area contributed by atoms with Gasteiger partial charge in [-0.1, -0.05) is 0 Å². The lowest BCUT2D eigenvalue weighted by atomic mass is 10.1. The average Bonchev–Trinajstić information content (AvgIpc) is 2.41. The van der Waals surface area contributed by atoms with E-state index in [-0.39, 0.29) is 12.0 Å². The lowest BCUT2D eigenvalue weighted by molar-refractivity contribution is -0.116. The number of nitrogen functional groups attached to an aromatic ring is 1. The summed E-state index contributed by atoms with van der Waals surface area (Å²) in [4.78, 5) is 14.0. The molecule has 0 unspecified atom stereocenters. The van der Waals surface area contributed by atoms with Gasteiger partial charge in [0.05, 0.1) is 6.10 Å². The Kier molecular flexibility index (Phi) is 4.76. The minimum atomic E-state index is -0.167. The van der Waals surface area contributed by atoms with E-state index in [4.69, 9.17) is 5.73 Å². The van der Waals surface area contributed by atoms with Gasteiger partial charge in [0.25, 0.3) is 0 Å². The number of benzene rings is 1. The molecule has 1 amide bonds. The number of carbonyl (C=O) groups excluding carboxylic acids is 1. The van der Waals surface area contributed by atoms with Gasteiger partial charge >= 0.3 is 0 Å². The van der Waals surface area contributed by atoms with Crippen molar-refractivity contribution in [3.05, 3.63) is 24.3 Å². The number of aliphatic hydroxyl groups is 1. The Morgan fingerprint density at radius 3 is 2.58 bits per heavy atom. The third kappa shape index (κ3) is 4.54. The Labute approximate surface area is 113 Å². The molecule has 0 saturated carbocycles. The summed E-state index contributed by atoms with van der Waals surface area (Å²) in [6.45, 7) is 2.49. The molecule has 19 heavy (non-hydrogen) atoms. The van der Waals surface area contributed by atoms with Gasteiger partial charge in [0.1, 0.15) is 0 Å². The summed E-state index contributed by atoms with van der Waals surface area (Å²) in [5, 5.41) is 12.3. The van der Waals surface area contributed by atoms with Gasteiger partial charge in [0, 0.05) is 37.4 Å². The molecule has 1 aromatic carbocycles. The Hall–Kier alpha value is -1.59. The van der Waals surface area contributed by atoms with Crippen LogP contribution >= 0.6 is 0 Å². The number of rotatable bonds is 4. The van der Waals surface area contributed by atoms with Crippen molar-refractivity contribution in [2.24, 2.45) is 0 Å². The molecular weight excluding hydrogens is 242 g/mol. The Morgan fingerprint density at radius 2 is 1.95 bits per heavy atom. The molecule has 1 fully saturated rings. The average molecular weight is 263 g/mol. The predicted octanol–water partition coefficient (Wildman–Crippen LogP) is 1.05.